The second-order valence-electron chi connectivity index (χ2n) is 3.62. The first-order chi connectivity index (χ1) is 8.11. The first-order valence-corrected chi connectivity index (χ1v) is 6.32. The first kappa shape index (κ1) is 13.9. The van der Waals surface area contributed by atoms with Crippen molar-refractivity contribution >= 4 is 17.7 Å². The van der Waals surface area contributed by atoms with Crippen molar-refractivity contribution in [3.8, 4) is 5.75 Å². The van der Waals surface area contributed by atoms with E-state index in [9.17, 15) is 4.79 Å². The summed E-state index contributed by atoms with van der Waals surface area (Å²) in [5.41, 5.74) is 0. The van der Waals surface area contributed by atoms with Gasteiger partial charge < -0.3 is 15.2 Å². The van der Waals surface area contributed by atoms with Crippen LogP contribution < -0.4 is 10.1 Å². The molecule has 0 aliphatic heterocycles. The van der Waals surface area contributed by atoms with E-state index in [1.54, 1.807) is 14.0 Å². The molecule has 1 atom stereocenters. The third-order valence-corrected chi connectivity index (χ3v) is 3.04. The summed E-state index contributed by atoms with van der Waals surface area (Å²) >= 11 is 1.45. The number of hydrogen-bond acceptors (Lipinski definition) is 4. The van der Waals surface area contributed by atoms with Gasteiger partial charge in [0.05, 0.1) is 19.0 Å². The average molecular weight is 255 g/mol. The van der Waals surface area contributed by atoms with E-state index in [0.717, 1.165) is 10.6 Å². The van der Waals surface area contributed by atoms with Gasteiger partial charge in [-0.1, -0.05) is 0 Å². The summed E-state index contributed by atoms with van der Waals surface area (Å²) in [7, 11) is 1.62. The predicted molar refractivity (Wildman–Crippen MR) is 68.4 cm³/mol. The second-order valence-corrected chi connectivity index (χ2v) is 4.67. The number of hydrogen-bond donors (Lipinski definition) is 2. The molecular formula is C12H17NO3S. The molecule has 1 aromatic rings. The predicted octanol–water partition coefficient (Wildman–Crippen LogP) is 1.28. The topological polar surface area (TPSA) is 58.6 Å². The lowest BCUT2D eigenvalue weighted by Gasteiger charge is -2.07. The van der Waals surface area contributed by atoms with Gasteiger partial charge in [0, 0.05) is 11.4 Å². The van der Waals surface area contributed by atoms with E-state index in [0.29, 0.717) is 12.3 Å². The fourth-order valence-corrected chi connectivity index (χ4v) is 1.86. The Bertz CT molecular complexity index is 351. The van der Waals surface area contributed by atoms with E-state index in [4.69, 9.17) is 9.84 Å². The summed E-state index contributed by atoms with van der Waals surface area (Å²) < 4.78 is 5.04. The number of nitrogens with one attached hydrogen (secondary N) is 1. The van der Waals surface area contributed by atoms with E-state index in [-0.39, 0.29) is 5.91 Å². The fraction of sp³-hybridized carbons (Fsp3) is 0.417. The van der Waals surface area contributed by atoms with Crippen LogP contribution in [-0.4, -0.2) is 36.5 Å². The SMILES string of the molecule is COc1ccc(SCC(=O)NC[C@H](C)O)cc1. The Kier molecular flexibility index (Phi) is 5.86. The lowest BCUT2D eigenvalue weighted by atomic mass is 10.3. The minimum atomic E-state index is -0.509. The molecule has 0 saturated heterocycles. The Morgan fingerprint density at radius 3 is 2.65 bits per heavy atom. The van der Waals surface area contributed by atoms with E-state index in [2.05, 4.69) is 5.32 Å². The third kappa shape index (κ3) is 5.60. The van der Waals surface area contributed by atoms with Gasteiger partial charge in [0.2, 0.25) is 5.91 Å². The first-order valence-electron chi connectivity index (χ1n) is 5.33. The molecule has 0 bridgehead atoms. The zero-order valence-electron chi connectivity index (χ0n) is 9.97. The van der Waals surface area contributed by atoms with Gasteiger partial charge in [0.25, 0.3) is 0 Å². The zero-order valence-corrected chi connectivity index (χ0v) is 10.8. The van der Waals surface area contributed by atoms with Gasteiger partial charge in [-0.15, -0.1) is 11.8 Å². The molecule has 1 rings (SSSR count). The molecule has 0 heterocycles. The summed E-state index contributed by atoms with van der Waals surface area (Å²) in [5.74, 6) is 1.07. The maximum atomic E-state index is 11.4. The highest BCUT2D eigenvalue weighted by Crippen LogP contribution is 2.20. The fourth-order valence-electron chi connectivity index (χ4n) is 1.13. The number of ether oxygens (including phenoxy) is 1. The maximum Gasteiger partial charge on any atom is 0.230 e. The number of aliphatic hydroxyl groups excluding tert-OH is 1. The van der Waals surface area contributed by atoms with Gasteiger partial charge in [-0.25, -0.2) is 0 Å². The zero-order chi connectivity index (χ0) is 12.7. The molecule has 5 heteroatoms. The third-order valence-electron chi connectivity index (χ3n) is 2.02. The minimum Gasteiger partial charge on any atom is -0.497 e. The van der Waals surface area contributed by atoms with Crippen LogP contribution in [0.25, 0.3) is 0 Å². The van der Waals surface area contributed by atoms with Crippen LogP contribution in [0.4, 0.5) is 0 Å². The molecular weight excluding hydrogens is 238 g/mol. The van der Waals surface area contributed by atoms with E-state index < -0.39 is 6.10 Å². The molecule has 0 unspecified atom stereocenters. The van der Waals surface area contributed by atoms with Crippen LogP contribution in [0.5, 0.6) is 5.75 Å². The van der Waals surface area contributed by atoms with Gasteiger partial charge in [0.1, 0.15) is 5.75 Å². The Morgan fingerprint density at radius 1 is 1.47 bits per heavy atom. The molecule has 4 nitrogen and oxygen atoms in total. The molecule has 0 spiro atoms. The van der Waals surface area contributed by atoms with Crippen LogP contribution in [0.1, 0.15) is 6.92 Å². The van der Waals surface area contributed by atoms with Crippen molar-refractivity contribution in [2.75, 3.05) is 19.4 Å². The van der Waals surface area contributed by atoms with Crippen molar-refractivity contribution in [1.82, 2.24) is 5.32 Å². The standard InChI is InChI=1S/C12H17NO3S/c1-9(14)7-13-12(15)8-17-11-5-3-10(16-2)4-6-11/h3-6,9,14H,7-8H2,1-2H3,(H,13,15)/t9-/m0/s1. The second kappa shape index (κ2) is 7.19. The van der Waals surface area contributed by atoms with Gasteiger partial charge in [-0.05, 0) is 31.2 Å². The number of carbonyl (C=O) groups excluding carboxylic acids is 1. The van der Waals surface area contributed by atoms with Gasteiger partial charge >= 0.3 is 0 Å². The van der Waals surface area contributed by atoms with Crippen molar-refractivity contribution < 1.29 is 14.6 Å². The number of aliphatic hydroxyl groups is 1. The lowest BCUT2D eigenvalue weighted by molar-refractivity contribution is -0.118. The normalized spacial score (nSPS) is 11.9. The molecule has 2 N–H and O–H groups in total. The Morgan fingerprint density at radius 2 is 2.12 bits per heavy atom. The smallest absolute Gasteiger partial charge is 0.230 e. The van der Waals surface area contributed by atoms with Crippen LogP contribution in [-0.2, 0) is 4.79 Å². The van der Waals surface area contributed by atoms with Crippen molar-refractivity contribution in [2.45, 2.75) is 17.9 Å². The van der Waals surface area contributed by atoms with Crippen molar-refractivity contribution in [3.63, 3.8) is 0 Å². The average Bonchev–Trinajstić information content (AvgIpc) is 2.34. The highest BCUT2D eigenvalue weighted by atomic mass is 32.2. The van der Waals surface area contributed by atoms with Gasteiger partial charge in [-0.2, -0.15) is 0 Å². The van der Waals surface area contributed by atoms with Crippen LogP contribution in [0.2, 0.25) is 0 Å². The van der Waals surface area contributed by atoms with Crippen LogP contribution >= 0.6 is 11.8 Å². The van der Waals surface area contributed by atoms with Crippen molar-refractivity contribution in [3.05, 3.63) is 24.3 Å². The Balaban J connectivity index is 2.31. The molecule has 0 fully saturated rings. The van der Waals surface area contributed by atoms with Crippen LogP contribution in [0.3, 0.4) is 0 Å². The summed E-state index contributed by atoms with van der Waals surface area (Å²) in [6.45, 7) is 1.93. The number of benzene rings is 1. The van der Waals surface area contributed by atoms with Crippen LogP contribution in [0.15, 0.2) is 29.2 Å². The number of methoxy groups -OCH3 is 1. The number of carbonyl (C=O) groups is 1. The van der Waals surface area contributed by atoms with Gasteiger partial charge in [-0.3, -0.25) is 4.79 Å². The monoisotopic (exact) mass is 255 g/mol. The highest BCUT2D eigenvalue weighted by molar-refractivity contribution is 8.00. The van der Waals surface area contributed by atoms with Crippen molar-refractivity contribution in [2.24, 2.45) is 0 Å². The molecule has 0 aromatic heterocycles. The quantitative estimate of drug-likeness (QED) is 0.752. The van der Waals surface area contributed by atoms with E-state index >= 15 is 0 Å². The highest BCUT2D eigenvalue weighted by Gasteiger charge is 2.04. The minimum absolute atomic E-state index is 0.0771. The molecule has 0 aliphatic carbocycles. The summed E-state index contributed by atoms with van der Waals surface area (Å²) in [6.07, 6.45) is -0.509. The van der Waals surface area contributed by atoms with E-state index in [1.807, 2.05) is 24.3 Å². The van der Waals surface area contributed by atoms with Crippen molar-refractivity contribution in [1.29, 1.82) is 0 Å². The molecule has 17 heavy (non-hydrogen) atoms. The van der Waals surface area contributed by atoms with E-state index in [1.165, 1.54) is 11.8 Å². The molecule has 1 aromatic carbocycles. The summed E-state index contributed by atoms with van der Waals surface area (Å²) in [6, 6.07) is 7.53. The van der Waals surface area contributed by atoms with Crippen LogP contribution in [0, 0.1) is 0 Å². The number of thioether (sulfide) groups is 1. The number of amides is 1. The molecule has 1 amide bonds. The molecule has 94 valence electrons. The maximum absolute atomic E-state index is 11.4. The van der Waals surface area contributed by atoms with Gasteiger partial charge in [0.15, 0.2) is 0 Å². The Labute approximate surface area is 105 Å². The largest absolute Gasteiger partial charge is 0.497 e. The summed E-state index contributed by atoms with van der Waals surface area (Å²) in [4.78, 5) is 12.4. The Hall–Kier alpha value is -1.20. The summed E-state index contributed by atoms with van der Waals surface area (Å²) in [5, 5.41) is 11.6. The molecule has 0 radical (unpaired) electrons. The molecule has 0 saturated carbocycles. The lowest BCUT2D eigenvalue weighted by Crippen LogP contribution is -2.31. The number of rotatable bonds is 6. The molecule has 0 aliphatic rings.